The molecule has 0 saturated carbocycles. The maximum absolute atomic E-state index is 13.7. The van der Waals surface area contributed by atoms with Crippen LogP contribution in [0.4, 0.5) is 4.79 Å². The second-order valence-electron chi connectivity index (χ2n) is 9.51. The van der Waals surface area contributed by atoms with Gasteiger partial charge in [-0.1, -0.05) is 75.2 Å². The first kappa shape index (κ1) is 28.2. The molecule has 0 saturated heterocycles. The molecule has 3 N–H and O–H groups in total. The van der Waals surface area contributed by atoms with Crippen molar-refractivity contribution < 1.29 is 24.2 Å². The van der Waals surface area contributed by atoms with Crippen molar-refractivity contribution in [3.05, 3.63) is 65.7 Å². The second kappa shape index (κ2) is 12.6. The molecule has 0 aromatic heterocycles. The van der Waals surface area contributed by atoms with Gasteiger partial charge in [0.15, 0.2) is 6.04 Å². The Balaban J connectivity index is 2.42. The van der Waals surface area contributed by atoms with Crippen molar-refractivity contribution in [3.8, 4) is 18.2 Å². The highest BCUT2D eigenvalue weighted by Gasteiger charge is 2.38. The Hall–Kier alpha value is -3.99. The zero-order valence-electron chi connectivity index (χ0n) is 21.4. The van der Waals surface area contributed by atoms with Crippen LogP contribution in [-0.4, -0.2) is 39.6 Å². The lowest BCUT2D eigenvalue weighted by molar-refractivity contribution is -0.139. The molecule has 192 valence electrons. The van der Waals surface area contributed by atoms with E-state index >= 15 is 0 Å². The Bertz CT molecular complexity index is 1090. The maximum atomic E-state index is 13.7. The second-order valence-corrected chi connectivity index (χ2v) is 9.51. The number of rotatable bonds is 9. The van der Waals surface area contributed by atoms with E-state index in [-0.39, 0.29) is 23.8 Å². The standard InChI is InChI=1S/C28H35N3O5/c1-7-19(3)23(30-27(35)36-28(4,5)6)26(34)31(8-2)24(21-16-12-13-17-22(21)32)25(33)29-18-20-14-10-9-11-15-20/h2,9-17,19,23-24,32H,7,18H2,1,3-6H3,(H,29,33)(H,30,35). The molecular weight excluding hydrogens is 458 g/mol. The van der Waals surface area contributed by atoms with Crippen LogP contribution in [0, 0.1) is 18.4 Å². The van der Waals surface area contributed by atoms with Crippen molar-refractivity contribution in [1.29, 1.82) is 0 Å². The van der Waals surface area contributed by atoms with Gasteiger partial charge in [0.1, 0.15) is 17.4 Å². The number of hydrogen-bond donors (Lipinski definition) is 3. The molecule has 0 radical (unpaired) electrons. The lowest BCUT2D eigenvalue weighted by atomic mass is 9.96. The first-order valence-corrected chi connectivity index (χ1v) is 11.9. The van der Waals surface area contributed by atoms with Gasteiger partial charge in [0, 0.05) is 18.2 Å². The number of benzene rings is 2. The SMILES string of the molecule is C#CN(C(=O)C(NC(=O)OC(C)(C)C)C(C)CC)C(C(=O)NCc1ccccc1)c1ccccc1O. The van der Waals surface area contributed by atoms with Gasteiger partial charge in [-0.05, 0) is 38.3 Å². The number of aromatic hydroxyl groups is 1. The van der Waals surface area contributed by atoms with Crippen LogP contribution in [0.2, 0.25) is 0 Å². The summed E-state index contributed by atoms with van der Waals surface area (Å²) in [5.74, 6) is -1.75. The molecule has 36 heavy (non-hydrogen) atoms. The number of alkyl carbamates (subject to hydrolysis) is 1. The van der Waals surface area contributed by atoms with Gasteiger partial charge in [0.2, 0.25) is 5.91 Å². The predicted octanol–water partition coefficient (Wildman–Crippen LogP) is 4.11. The summed E-state index contributed by atoms with van der Waals surface area (Å²) in [6.07, 6.45) is 5.54. The number of nitrogens with one attached hydrogen (secondary N) is 2. The number of amides is 3. The van der Waals surface area contributed by atoms with Crippen LogP contribution in [0.5, 0.6) is 5.75 Å². The largest absolute Gasteiger partial charge is 0.508 e. The third-order valence-corrected chi connectivity index (χ3v) is 5.58. The highest BCUT2D eigenvalue weighted by molar-refractivity contribution is 5.93. The Morgan fingerprint density at radius 3 is 2.25 bits per heavy atom. The van der Waals surface area contributed by atoms with Crippen molar-refractivity contribution in [1.82, 2.24) is 15.5 Å². The van der Waals surface area contributed by atoms with Crippen LogP contribution in [0.25, 0.3) is 0 Å². The molecule has 2 rings (SSSR count). The van der Waals surface area contributed by atoms with Gasteiger partial charge in [-0.15, -0.1) is 0 Å². The smallest absolute Gasteiger partial charge is 0.408 e. The highest BCUT2D eigenvalue weighted by Crippen LogP contribution is 2.30. The van der Waals surface area contributed by atoms with E-state index in [0.717, 1.165) is 10.5 Å². The number of terminal acetylenes is 1. The third kappa shape index (κ3) is 7.77. The van der Waals surface area contributed by atoms with Crippen molar-refractivity contribution in [3.63, 3.8) is 0 Å². The molecule has 8 nitrogen and oxygen atoms in total. The first-order valence-electron chi connectivity index (χ1n) is 11.9. The van der Waals surface area contributed by atoms with E-state index in [1.165, 1.54) is 12.1 Å². The average molecular weight is 494 g/mol. The van der Waals surface area contributed by atoms with Crippen molar-refractivity contribution in [2.24, 2.45) is 5.92 Å². The summed E-state index contributed by atoms with van der Waals surface area (Å²) in [6, 6.07) is 15.3. The quantitative estimate of drug-likeness (QED) is 0.360. The van der Waals surface area contributed by atoms with E-state index in [1.54, 1.807) is 39.8 Å². The number of ether oxygens (including phenoxy) is 1. The highest BCUT2D eigenvalue weighted by atomic mass is 16.6. The average Bonchev–Trinajstić information content (AvgIpc) is 2.83. The molecule has 2 aromatic rings. The number of para-hydroxylation sites is 1. The summed E-state index contributed by atoms with van der Waals surface area (Å²) in [6.45, 7) is 9.00. The Morgan fingerprint density at radius 2 is 1.69 bits per heavy atom. The van der Waals surface area contributed by atoms with Gasteiger partial charge >= 0.3 is 6.09 Å². The zero-order chi connectivity index (χ0) is 26.9. The van der Waals surface area contributed by atoms with Crippen LogP contribution in [0.1, 0.15) is 58.2 Å². The van der Waals surface area contributed by atoms with E-state index in [0.29, 0.717) is 6.42 Å². The molecular formula is C28H35N3O5. The third-order valence-electron chi connectivity index (χ3n) is 5.58. The van der Waals surface area contributed by atoms with E-state index < -0.39 is 35.6 Å². The van der Waals surface area contributed by atoms with E-state index in [9.17, 15) is 19.5 Å². The molecule has 8 heteroatoms. The molecule has 0 aliphatic rings. The molecule has 0 spiro atoms. The van der Waals surface area contributed by atoms with Crippen LogP contribution in [0.15, 0.2) is 54.6 Å². The van der Waals surface area contributed by atoms with Crippen LogP contribution in [0.3, 0.4) is 0 Å². The first-order chi connectivity index (χ1) is 17.0. The summed E-state index contributed by atoms with van der Waals surface area (Å²) >= 11 is 0. The Labute approximate surface area is 213 Å². The number of phenolic OH excluding ortho intramolecular Hbond substituents is 1. The molecule has 3 atom stereocenters. The van der Waals surface area contributed by atoms with Crippen LogP contribution < -0.4 is 10.6 Å². The van der Waals surface area contributed by atoms with Gasteiger partial charge in [-0.3, -0.25) is 14.5 Å². The molecule has 0 heterocycles. The van der Waals surface area contributed by atoms with Crippen LogP contribution in [-0.2, 0) is 20.9 Å². The van der Waals surface area contributed by atoms with Gasteiger partial charge in [0.05, 0.1) is 0 Å². The number of carbonyl (C=O) groups excluding carboxylic acids is 3. The summed E-state index contributed by atoms with van der Waals surface area (Å²) in [5.41, 5.74) is 0.244. The fourth-order valence-electron chi connectivity index (χ4n) is 3.53. The minimum atomic E-state index is -1.33. The fraction of sp³-hybridized carbons (Fsp3) is 0.393. The van der Waals surface area contributed by atoms with Gasteiger partial charge in [0.25, 0.3) is 5.91 Å². The summed E-state index contributed by atoms with van der Waals surface area (Å²) in [5, 5.41) is 15.9. The number of phenols is 1. The van der Waals surface area contributed by atoms with E-state index in [1.807, 2.05) is 37.3 Å². The molecule has 0 aliphatic carbocycles. The van der Waals surface area contributed by atoms with E-state index in [4.69, 9.17) is 11.2 Å². The van der Waals surface area contributed by atoms with E-state index in [2.05, 4.69) is 16.7 Å². The topological polar surface area (TPSA) is 108 Å². The molecule has 0 bridgehead atoms. The van der Waals surface area contributed by atoms with Gasteiger partial charge in [-0.25, -0.2) is 4.79 Å². The van der Waals surface area contributed by atoms with Gasteiger partial charge < -0.3 is 20.5 Å². The van der Waals surface area contributed by atoms with Gasteiger partial charge in [-0.2, -0.15) is 0 Å². The summed E-state index contributed by atoms with van der Waals surface area (Å²) in [4.78, 5) is 40.6. The maximum Gasteiger partial charge on any atom is 0.408 e. The number of nitrogens with zero attached hydrogens (tertiary/aromatic N) is 1. The Kier molecular flexibility index (Phi) is 9.92. The monoisotopic (exact) mass is 493 g/mol. The molecule has 0 fully saturated rings. The summed E-state index contributed by atoms with van der Waals surface area (Å²) in [7, 11) is 0. The number of carbonyl (C=O) groups is 3. The zero-order valence-corrected chi connectivity index (χ0v) is 21.4. The molecule has 2 aromatic carbocycles. The fourth-order valence-corrected chi connectivity index (χ4v) is 3.53. The lowest BCUT2D eigenvalue weighted by Crippen LogP contribution is -2.53. The minimum Gasteiger partial charge on any atom is -0.508 e. The lowest BCUT2D eigenvalue weighted by Gasteiger charge is -2.32. The Morgan fingerprint density at radius 1 is 1.08 bits per heavy atom. The van der Waals surface area contributed by atoms with Crippen LogP contribution >= 0.6 is 0 Å². The molecule has 0 aliphatic heterocycles. The van der Waals surface area contributed by atoms with Crippen molar-refractivity contribution in [2.45, 2.75) is 65.3 Å². The van der Waals surface area contributed by atoms with Crippen molar-refractivity contribution >= 4 is 17.9 Å². The normalized spacial score (nSPS) is 13.4. The molecule has 3 unspecified atom stereocenters. The predicted molar refractivity (Wildman–Crippen MR) is 137 cm³/mol. The number of hydrogen-bond acceptors (Lipinski definition) is 5. The van der Waals surface area contributed by atoms with Crippen molar-refractivity contribution in [2.75, 3.05) is 0 Å². The summed E-state index contributed by atoms with van der Waals surface area (Å²) < 4.78 is 5.33. The molecule has 3 amide bonds. The minimum absolute atomic E-state index is 0.162.